The molecule has 2 N–H and O–H groups in total. The van der Waals surface area contributed by atoms with Crippen LogP contribution in [0.3, 0.4) is 0 Å². The van der Waals surface area contributed by atoms with Gasteiger partial charge in [0.1, 0.15) is 0 Å². The molecule has 0 bridgehead atoms. The van der Waals surface area contributed by atoms with Gasteiger partial charge >= 0.3 is 5.97 Å². The molecule has 174 valence electrons. The second kappa shape index (κ2) is 8.71. The molecular weight excluding hydrogens is 436 g/mol. The number of aliphatic carboxylic acids is 1. The summed E-state index contributed by atoms with van der Waals surface area (Å²) in [4.78, 5) is 14.0. The van der Waals surface area contributed by atoms with Crippen molar-refractivity contribution in [2.24, 2.45) is 5.92 Å². The van der Waals surface area contributed by atoms with E-state index in [1.54, 1.807) is 6.07 Å². The van der Waals surface area contributed by atoms with Gasteiger partial charge in [-0.15, -0.1) is 0 Å². The summed E-state index contributed by atoms with van der Waals surface area (Å²) in [5, 5.41) is 11.2. The van der Waals surface area contributed by atoms with E-state index in [2.05, 4.69) is 9.62 Å². The Balaban J connectivity index is 1.77. The van der Waals surface area contributed by atoms with Gasteiger partial charge in [-0.3, -0.25) is 9.52 Å². The molecule has 1 aliphatic heterocycles. The van der Waals surface area contributed by atoms with E-state index >= 15 is 0 Å². The van der Waals surface area contributed by atoms with Gasteiger partial charge in [-0.25, -0.2) is 8.42 Å². The van der Waals surface area contributed by atoms with Gasteiger partial charge in [0.25, 0.3) is 10.0 Å². The number of sulfonamides is 1. The lowest BCUT2D eigenvalue weighted by atomic mass is 9.96. The van der Waals surface area contributed by atoms with Crippen LogP contribution in [0.15, 0.2) is 47.4 Å². The van der Waals surface area contributed by atoms with Crippen molar-refractivity contribution in [1.82, 2.24) is 0 Å². The van der Waals surface area contributed by atoms with E-state index < -0.39 is 21.9 Å². The van der Waals surface area contributed by atoms with Crippen molar-refractivity contribution in [1.29, 1.82) is 0 Å². The molecule has 4 rings (SSSR count). The van der Waals surface area contributed by atoms with Crippen molar-refractivity contribution in [2.45, 2.75) is 45.4 Å². The summed E-state index contributed by atoms with van der Waals surface area (Å²) in [6.45, 7) is 8.76. The topological polar surface area (TPSA) is 86.7 Å². The largest absolute Gasteiger partial charge is 0.481 e. The molecule has 0 aromatic heterocycles. The first-order chi connectivity index (χ1) is 15.6. The summed E-state index contributed by atoms with van der Waals surface area (Å²) in [5.41, 5.74) is 4.82. The number of nitrogens with one attached hydrogen (secondary N) is 1. The minimum atomic E-state index is -3.81. The molecule has 1 fully saturated rings. The van der Waals surface area contributed by atoms with Crippen LogP contribution in [0.25, 0.3) is 10.8 Å². The summed E-state index contributed by atoms with van der Waals surface area (Å²) >= 11 is 0. The molecule has 33 heavy (non-hydrogen) atoms. The maximum absolute atomic E-state index is 13.5. The lowest BCUT2D eigenvalue weighted by Crippen LogP contribution is -2.38. The average molecular weight is 467 g/mol. The second-order valence-electron chi connectivity index (χ2n) is 9.00. The molecule has 0 amide bonds. The van der Waals surface area contributed by atoms with E-state index in [1.807, 2.05) is 64.1 Å². The van der Waals surface area contributed by atoms with E-state index in [4.69, 9.17) is 0 Å². The summed E-state index contributed by atoms with van der Waals surface area (Å²) in [6.07, 6.45) is 1.49. The van der Waals surface area contributed by atoms with Gasteiger partial charge in [0.05, 0.1) is 16.5 Å². The highest BCUT2D eigenvalue weighted by Gasteiger charge is 2.27. The van der Waals surface area contributed by atoms with Gasteiger partial charge in [-0.1, -0.05) is 30.3 Å². The Morgan fingerprint density at radius 1 is 1.00 bits per heavy atom. The molecule has 1 aliphatic rings. The van der Waals surface area contributed by atoms with Crippen LogP contribution >= 0.6 is 0 Å². The van der Waals surface area contributed by atoms with Crippen molar-refractivity contribution in [3.05, 3.63) is 64.7 Å². The van der Waals surface area contributed by atoms with Crippen LogP contribution in [-0.2, 0) is 14.8 Å². The second-order valence-corrected chi connectivity index (χ2v) is 10.6. The number of fused-ring (bicyclic) bond motifs is 1. The molecule has 0 aliphatic carbocycles. The van der Waals surface area contributed by atoms with E-state index in [0.717, 1.165) is 51.7 Å². The molecule has 0 saturated carbocycles. The molecule has 0 unspecified atom stereocenters. The van der Waals surface area contributed by atoms with E-state index in [0.29, 0.717) is 23.5 Å². The highest BCUT2D eigenvalue weighted by molar-refractivity contribution is 7.92. The molecule has 0 spiro atoms. The Labute approximate surface area is 195 Å². The number of hydrogen-bond donors (Lipinski definition) is 2. The van der Waals surface area contributed by atoms with Crippen LogP contribution in [-0.4, -0.2) is 32.6 Å². The summed E-state index contributed by atoms with van der Waals surface area (Å²) in [5.74, 6) is -1.17. The van der Waals surface area contributed by atoms with Gasteiger partial charge < -0.3 is 10.0 Å². The van der Waals surface area contributed by atoms with Gasteiger partial charge in [0.2, 0.25) is 0 Å². The molecule has 0 radical (unpaired) electrons. The third kappa shape index (κ3) is 4.29. The zero-order valence-electron chi connectivity index (χ0n) is 19.5. The normalized spacial score (nSPS) is 16.7. The lowest BCUT2D eigenvalue weighted by Gasteiger charge is -2.33. The Bertz CT molecular complexity index is 1320. The van der Waals surface area contributed by atoms with Crippen LogP contribution < -0.4 is 9.62 Å². The highest BCUT2D eigenvalue weighted by atomic mass is 32.2. The van der Waals surface area contributed by atoms with Crippen LogP contribution in [0.4, 0.5) is 11.4 Å². The molecule has 6 nitrogen and oxygen atoms in total. The van der Waals surface area contributed by atoms with Crippen molar-refractivity contribution < 1.29 is 18.3 Å². The standard InChI is InChI=1S/C26H30N2O4S/c1-16-14-17(2)19(4)25(18(16)3)33(31,32)27-23-11-12-24(22-10-6-5-9-21(22)23)28-13-7-8-20(15-28)26(29)30/h5-6,9-12,14,20,27H,7-8,13,15H2,1-4H3,(H,29,30)/t20-/m0/s1. The number of nitrogens with zero attached hydrogens (tertiary/aromatic N) is 1. The Morgan fingerprint density at radius 3 is 2.27 bits per heavy atom. The number of anilines is 2. The van der Waals surface area contributed by atoms with Crippen molar-refractivity contribution in [2.75, 3.05) is 22.7 Å². The number of carboxylic acid groups (broad SMARTS) is 1. The first kappa shape index (κ1) is 23.1. The molecular formula is C26H30N2O4S. The smallest absolute Gasteiger partial charge is 0.308 e. The monoisotopic (exact) mass is 466 g/mol. The van der Waals surface area contributed by atoms with Gasteiger partial charge in [-0.05, 0) is 74.9 Å². The molecule has 1 atom stereocenters. The van der Waals surface area contributed by atoms with E-state index in [-0.39, 0.29) is 0 Å². The zero-order valence-corrected chi connectivity index (χ0v) is 20.3. The third-order valence-electron chi connectivity index (χ3n) is 6.82. The summed E-state index contributed by atoms with van der Waals surface area (Å²) < 4.78 is 29.8. The molecule has 1 saturated heterocycles. The predicted octanol–water partition coefficient (Wildman–Crippen LogP) is 5.18. The van der Waals surface area contributed by atoms with Crippen molar-refractivity contribution in [3.8, 4) is 0 Å². The fraction of sp³-hybridized carbons (Fsp3) is 0.346. The van der Waals surface area contributed by atoms with E-state index in [9.17, 15) is 18.3 Å². The quantitative estimate of drug-likeness (QED) is 0.541. The van der Waals surface area contributed by atoms with E-state index in [1.165, 1.54) is 0 Å². The fourth-order valence-corrected chi connectivity index (χ4v) is 6.52. The Morgan fingerprint density at radius 2 is 1.64 bits per heavy atom. The summed E-state index contributed by atoms with van der Waals surface area (Å²) in [6, 6.07) is 13.3. The van der Waals surface area contributed by atoms with Crippen LogP contribution in [0, 0.1) is 33.6 Å². The maximum atomic E-state index is 13.5. The lowest BCUT2D eigenvalue weighted by molar-refractivity contribution is -0.141. The molecule has 1 heterocycles. The number of hydrogen-bond acceptors (Lipinski definition) is 4. The Kier molecular flexibility index (Phi) is 6.10. The average Bonchev–Trinajstić information content (AvgIpc) is 2.78. The van der Waals surface area contributed by atoms with Crippen LogP contribution in [0.5, 0.6) is 0 Å². The number of aryl methyl sites for hydroxylation is 2. The van der Waals surface area contributed by atoms with Crippen molar-refractivity contribution >= 4 is 38.1 Å². The number of piperidine rings is 1. The highest BCUT2D eigenvalue weighted by Crippen LogP contribution is 2.36. The number of rotatable bonds is 5. The van der Waals surface area contributed by atoms with Crippen LogP contribution in [0.1, 0.15) is 35.1 Å². The SMILES string of the molecule is Cc1cc(C)c(C)c(S(=O)(=O)Nc2ccc(N3CCC[C@H](C(=O)O)C3)c3ccccc23)c1C. The van der Waals surface area contributed by atoms with Crippen molar-refractivity contribution in [3.63, 3.8) is 0 Å². The van der Waals surface area contributed by atoms with Crippen LogP contribution in [0.2, 0.25) is 0 Å². The zero-order chi connectivity index (χ0) is 23.9. The number of carboxylic acids is 1. The maximum Gasteiger partial charge on any atom is 0.308 e. The minimum absolute atomic E-state index is 0.327. The number of benzene rings is 3. The van der Waals surface area contributed by atoms with Gasteiger partial charge in [-0.2, -0.15) is 0 Å². The summed E-state index contributed by atoms with van der Waals surface area (Å²) in [7, 11) is -3.81. The first-order valence-corrected chi connectivity index (χ1v) is 12.7. The predicted molar refractivity (Wildman–Crippen MR) is 133 cm³/mol. The molecule has 3 aromatic carbocycles. The molecule has 3 aromatic rings. The fourth-order valence-electron chi connectivity index (χ4n) is 4.82. The van der Waals surface area contributed by atoms with Gasteiger partial charge in [0.15, 0.2) is 0 Å². The van der Waals surface area contributed by atoms with Gasteiger partial charge in [0, 0.05) is 29.5 Å². The third-order valence-corrected chi connectivity index (χ3v) is 8.46. The molecule has 7 heteroatoms. The number of carbonyl (C=O) groups is 1. The Hall–Kier alpha value is -3.06. The minimum Gasteiger partial charge on any atom is -0.481 e. The first-order valence-electron chi connectivity index (χ1n) is 11.2.